The van der Waals surface area contributed by atoms with Crippen LogP contribution in [-0.4, -0.2) is 24.0 Å². The Kier molecular flexibility index (Phi) is 4.51. The fourth-order valence-corrected chi connectivity index (χ4v) is 3.38. The predicted molar refractivity (Wildman–Crippen MR) is 86.0 cm³/mol. The van der Waals surface area contributed by atoms with Gasteiger partial charge in [-0.15, -0.1) is 0 Å². The van der Waals surface area contributed by atoms with Gasteiger partial charge in [-0.1, -0.05) is 30.3 Å². The van der Waals surface area contributed by atoms with Gasteiger partial charge < -0.3 is 5.73 Å². The van der Waals surface area contributed by atoms with Gasteiger partial charge in [0.15, 0.2) is 0 Å². The number of nitrogens with zero attached hydrogens (tertiary/aromatic N) is 1. The van der Waals surface area contributed by atoms with Crippen molar-refractivity contribution in [1.82, 2.24) is 4.90 Å². The summed E-state index contributed by atoms with van der Waals surface area (Å²) < 4.78 is 0. The summed E-state index contributed by atoms with van der Waals surface area (Å²) >= 11 is 1.78. The second-order valence-corrected chi connectivity index (χ2v) is 6.42. The summed E-state index contributed by atoms with van der Waals surface area (Å²) in [4.78, 5) is 2.62. The van der Waals surface area contributed by atoms with Gasteiger partial charge in [-0.05, 0) is 40.8 Å². The number of hydrogen-bond donors (Lipinski definition) is 1. The zero-order valence-corrected chi connectivity index (χ0v) is 12.6. The Morgan fingerprint density at radius 1 is 1.20 bits per heavy atom. The minimum Gasteiger partial charge on any atom is -0.330 e. The predicted octanol–water partition coefficient (Wildman–Crippen LogP) is 3.46. The summed E-state index contributed by atoms with van der Waals surface area (Å²) in [6, 6.07) is 13.7. The summed E-state index contributed by atoms with van der Waals surface area (Å²) in [6.45, 7) is 2.86. The molecule has 1 heterocycles. The molecule has 1 aliphatic carbocycles. The number of rotatable bonds is 7. The van der Waals surface area contributed by atoms with Crippen molar-refractivity contribution in [2.45, 2.75) is 31.3 Å². The van der Waals surface area contributed by atoms with Gasteiger partial charge in [0.25, 0.3) is 0 Å². The molecule has 0 spiro atoms. The molecule has 2 N–H and O–H groups in total. The molecule has 0 bridgehead atoms. The van der Waals surface area contributed by atoms with Crippen molar-refractivity contribution in [3.05, 3.63) is 58.3 Å². The van der Waals surface area contributed by atoms with Crippen LogP contribution in [0, 0.1) is 0 Å². The highest BCUT2D eigenvalue weighted by atomic mass is 32.1. The van der Waals surface area contributed by atoms with E-state index in [1.807, 2.05) is 0 Å². The third-order valence-electron chi connectivity index (χ3n) is 4.04. The van der Waals surface area contributed by atoms with Crippen LogP contribution in [0.3, 0.4) is 0 Å². The van der Waals surface area contributed by atoms with Gasteiger partial charge >= 0.3 is 0 Å². The van der Waals surface area contributed by atoms with Gasteiger partial charge in [-0.25, -0.2) is 0 Å². The van der Waals surface area contributed by atoms with Gasteiger partial charge in [0, 0.05) is 31.6 Å². The lowest BCUT2D eigenvalue weighted by atomic mass is 9.98. The molecule has 1 unspecified atom stereocenters. The minimum absolute atomic E-state index is 0.440. The van der Waals surface area contributed by atoms with Crippen molar-refractivity contribution in [1.29, 1.82) is 0 Å². The van der Waals surface area contributed by atoms with Gasteiger partial charge in [-0.2, -0.15) is 11.3 Å². The largest absolute Gasteiger partial charge is 0.330 e. The molecule has 0 radical (unpaired) electrons. The number of hydrogen-bond acceptors (Lipinski definition) is 3. The summed E-state index contributed by atoms with van der Waals surface area (Å²) in [7, 11) is 0. The zero-order chi connectivity index (χ0) is 13.8. The zero-order valence-electron chi connectivity index (χ0n) is 11.7. The van der Waals surface area contributed by atoms with Crippen molar-refractivity contribution in [2.75, 3.05) is 13.1 Å². The maximum Gasteiger partial charge on any atom is 0.0245 e. The molecule has 0 amide bonds. The summed E-state index contributed by atoms with van der Waals surface area (Å²) in [5, 5.41) is 4.42. The molecule has 3 heteroatoms. The first-order chi connectivity index (χ1) is 9.86. The highest BCUT2D eigenvalue weighted by Gasteiger charge is 2.30. The molecular formula is C17H22N2S. The first-order valence-electron chi connectivity index (χ1n) is 7.37. The topological polar surface area (TPSA) is 29.3 Å². The van der Waals surface area contributed by atoms with Gasteiger partial charge in [-0.3, -0.25) is 4.90 Å². The number of thiophene rings is 1. The molecule has 1 aromatic carbocycles. The minimum atomic E-state index is 0.440. The molecule has 1 aromatic heterocycles. The monoisotopic (exact) mass is 286 g/mol. The lowest BCUT2D eigenvalue weighted by molar-refractivity contribution is 0.239. The lowest BCUT2D eigenvalue weighted by Gasteiger charge is -2.27. The summed E-state index contributed by atoms with van der Waals surface area (Å²) in [5.74, 6) is 0.440. The summed E-state index contributed by atoms with van der Waals surface area (Å²) in [6.07, 6.45) is 2.69. The molecule has 20 heavy (non-hydrogen) atoms. The third-order valence-corrected chi connectivity index (χ3v) is 4.77. The van der Waals surface area contributed by atoms with Crippen LogP contribution in [0.15, 0.2) is 47.2 Å². The maximum absolute atomic E-state index is 6.02. The van der Waals surface area contributed by atoms with Crippen molar-refractivity contribution in [3.8, 4) is 0 Å². The molecule has 3 rings (SSSR count). The van der Waals surface area contributed by atoms with Crippen LogP contribution in [0.4, 0.5) is 0 Å². The molecule has 106 valence electrons. The Bertz CT molecular complexity index is 505. The molecule has 1 aliphatic rings. The van der Waals surface area contributed by atoms with Crippen molar-refractivity contribution >= 4 is 11.3 Å². The molecule has 0 aliphatic heterocycles. The van der Waals surface area contributed by atoms with E-state index in [9.17, 15) is 0 Å². The molecule has 2 aromatic rings. The Hall–Kier alpha value is -1.16. The first-order valence-corrected chi connectivity index (χ1v) is 8.31. The van der Waals surface area contributed by atoms with Gasteiger partial charge in [0.2, 0.25) is 0 Å². The van der Waals surface area contributed by atoms with Gasteiger partial charge in [0.1, 0.15) is 0 Å². The van der Waals surface area contributed by atoms with E-state index in [1.54, 1.807) is 11.3 Å². The van der Waals surface area contributed by atoms with Crippen LogP contribution in [0.25, 0.3) is 0 Å². The van der Waals surface area contributed by atoms with Crippen LogP contribution >= 0.6 is 11.3 Å². The van der Waals surface area contributed by atoms with E-state index in [0.717, 1.165) is 25.7 Å². The Labute approximate surface area is 125 Å². The quantitative estimate of drug-likeness (QED) is 0.844. The average molecular weight is 286 g/mol. The lowest BCUT2D eigenvalue weighted by Crippen LogP contribution is -2.33. The number of benzene rings is 1. The highest BCUT2D eigenvalue weighted by molar-refractivity contribution is 7.07. The van der Waals surface area contributed by atoms with Crippen LogP contribution in [0.2, 0.25) is 0 Å². The molecule has 1 fully saturated rings. The fourth-order valence-electron chi connectivity index (χ4n) is 2.72. The summed E-state index contributed by atoms with van der Waals surface area (Å²) in [5.41, 5.74) is 8.82. The standard InChI is InChI=1S/C17H22N2S/c18-10-16(15-4-2-1-3-5-15)12-19(17-6-7-17)11-14-8-9-20-13-14/h1-5,8-9,13,16-17H,6-7,10-12,18H2. The van der Waals surface area contributed by atoms with E-state index in [4.69, 9.17) is 5.73 Å². The molecule has 0 saturated heterocycles. The van der Waals surface area contributed by atoms with Crippen molar-refractivity contribution in [2.24, 2.45) is 5.73 Å². The second kappa shape index (κ2) is 6.53. The molecule has 1 saturated carbocycles. The molecule has 2 nitrogen and oxygen atoms in total. The first kappa shape index (κ1) is 13.8. The smallest absolute Gasteiger partial charge is 0.0245 e. The van der Waals surface area contributed by atoms with Gasteiger partial charge in [0.05, 0.1) is 0 Å². The van der Waals surface area contributed by atoms with E-state index in [1.165, 1.54) is 24.0 Å². The normalized spacial score (nSPS) is 16.5. The van der Waals surface area contributed by atoms with Crippen LogP contribution in [0.5, 0.6) is 0 Å². The highest BCUT2D eigenvalue weighted by Crippen LogP contribution is 2.31. The van der Waals surface area contributed by atoms with Crippen molar-refractivity contribution < 1.29 is 0 Å². The molecular weight excluding hydrogens is 264 g/mol. The molecule has 1 atom stereocenters. The Balaban J connectivity index is 1.68. The fraction of sp³-hybridized carbons (Fsp3) is 0.412. The maximum atomic E-state index is 6.02. The van der Waals surface area contributed by atoms with Crippen LogP contribution in [-0.2, 0) is 6.54 Å². The number of nitrogens with two attached hydrogens (primary N) is 1. The van der Waals surface area contributed by atoms with E-state index < -0.39 is 0 Å². The second-order valence-electron chi connectivity index (χ2n) is 5.64. The van der Waals surface area contributed by atoms with Crippen LogP contribution < -0.4 is 5.73 Å². The van der Waals surface area contributed by atoms with E-state index >= 15 is 0 Å². The van der Waals surface area contributed by atoms with Crippen LogP contribution in [0.1, 0.15) is 29.9 Å². The average Bonchev–Trinajstić information content (AvgIpc) is 3.22. The van der Waals surface area contributed by atoms with E-state index in [2.05, 4.69) is 52.1 Å². The SMILES string of the molecule is NCC(CN(Cc1ccsc1)C1CC1)c1ccccc1. The van der Waals surface area contributed by atoms with E-state index in [0.29, 0.717) is 5.92 Å². The Morgan fingerprint density at radius 2 is 2.00 bits per heavy atom. The van der Waals surface area contributed by atoms with E-state index in [-0.39, 0.29) is 0 Å². The van der Waals surface area contributed by atoms with Crippen molar-refractivity contribution in [3.63, 3.8) is 0 Å². The Morgan fingerprint density at radius 3 is 2.60 bits per heavy atom. The third kappa shape index (κ3) is 3.48.